The smallest absolute Gasteiger partial charge is 0.404 e. The molecule has 0 aliphatic heterocycles. The summed E-state index contributed by atoms with van der Waals surface area (Å²) < 4.78 is 15.4. The molecule has 1 aromatic heterocycles. The maximum absolute atomic E-state index is 10.8. The molecule has 1 aromatic carbocycles. The molecule has 0 fully saturated rings. The van der Waals surface area contributed by atoms with E-state index in [0.717, 1.165) is 11.1 Å². The Morgan fingerprint density at radius 3 is 2.45 bits per heavy atom. The summed E-state index contributed by atoms with van der Waals surface area (Å²) in [6, 6.07) is 5.35. The Bertz CT molecular complexity index is 547. The lowest BCUT2D eigenvalue weighted by Crippen LogP contribution is -1.97. The van der Waals surface area contributed by atoms with E-state index in [1.54, 1.807) is 24.8 Å². The number of aromatic amines is 1. The van der Waals surface area contributed by atoms with Crippen LogP contribution >= 0.6 is 7.82 Å². The lowest BCUT2D eigenvalue weighted by atomic mass is 10.0. The highest BCUT2D eigenvalue weighted by atomic mass is 31.2. The fourth-order valence-corrected chi connectivity index (χ4v) is 1.96. The minimum atomic E-state index is -4.47. The van der Waals surface area contributed by atoms with E-state index in [4.69, 9.17) is 9.79 Å². The molecule has 0 radical (unpaired) electrons. The number of nitrogens with one attached hydrogen (secondary N) is 1. The van der Waals surface area contributed by atoms with Gasteiger partial charge in [-0.25, -0.2) is 9.55 Å². The number of nitrogens with zero attached hydrogens (tertiary/aromatic N) is 1. The first-order valence-corrected chi connectivity index (χ1v) is 7.61. The topological polar surface area (TPSA) is 95.4 Å². The van der Waals surface area contributed by atoms with E-state index < -0.39 is 7.82 Å². The maximum Gasteiger partial charge on any atom is 0.524 e. The number of phosphoric ester groups is 1. The largest absolute Gasteiger partial charge is 0.524 e. The van der Waals surface area contributed by atoms with Crippen molar-refractivity contribution in [2.24, 2.45) is 0 Å². The van der Waals surface area contributed by atoms with E-state index in [1.807, 2.05) is 32.9 Å². The molecule has 0 amide bonds. The van der Waals surface area contributed by atoms with E-state index in [2.05, 4.69) is 14.5 Å². The van der Waals surface area contributed by atoms with Crippen LogP contribution in [-0.4, -0.2) is 19.8 Å². The number of hydrogen-bond donors (Lipinski definition) is 3. The fourth-order valence-electron chi connectivity index (χ4n) is 1.54. The summed E-state index contributed by atoms with van der Waals surface area (Å²) in [7, 11) is -4.47. The van der Waals surface area contributed by atoms with Crippen molar-refractivity contribution in [3.8, 4) is 5.75 Å². The zero-order chi connectivity index (χ0) is 15.2. The molecule has 1 heterocycles. The third kappa shape index (κ3) is 6.02. The molecule has 2 rings (SSSR count). The molecule has 0 aliphatic rings. The van der Waals surface area contributed by atoms with Crippen LogP contribution in [0, 0.1) is 6.92 Å². The first-order chi connectivity index (χ1) is 9.29. The van der Waals surface area contributed by atoms with Crippen LogP contribution in [0.25, 0.3) is 0 Å². The van der Waals surface area contributed by atoms with Gasteiger partial charge >= 0.3 is 7.82 Å². The van der Waals surface area contributed by atoms with Crippen LogP contribution in [0.1, 0.15) is 30.9 Å². The number of aryl methyl sites for hydroxylation is 1. The molecule has 0 unspecified atom stereocenters. The molecule has 0 atom stereocenters. The number of aromatic nitrogens is 2. The van der Waals surface area contributed by atoms with Crippen molar-refractivity contribution in [1.29, 1.82) is 0 Å². The highest BCUT2D eigenvalue weighted by molar-refractivity contribution is 7.46. The van der Waals surface area contributed by atoms with Crippen molar-refractivity contribution >= 4 is 7.82 Å². The molecule has 2 aromatic rings. The minimum Gasteiger partial charge on any atom is -0.404 e. The van der Waals surface area contributed by atoms with Crippen molar-refractivity contribution in [2.75, 3.05) is 0 Å². The molecule has 7 heteroatoms. The van der Waals surface area contributed by atoms with Crippen molar-refractivity contribution in [1.82, 2.24) is 9.97 Å². The van der Waals surface area contributed by atoms with E-state index in [-0.39, 0.29) is 11.7 Å². The van der Waals surface area contributed by atoms with Crippen LogP contribution in [0.15, 0.2) is 36.9 Å². The van der Waals surface area contributed by atoms with Crippen molar-refractivity contribution in [3.63, 3.8) is 0 Å². The van der Waals surface area contributed by atoms with Gasteiger partial charge in [0.05, 0.1) is 6.33 Å². The van der Waals surface area contributed by atoms with Gasteiger partial charge in [0.2, 0.25) is 0 Å². The molecule has 3 N–H and O–H groups in total. The summed E-state index contributed by atoms with van der Waals surface area (Å²) in [4.78, 5) is 23.9. The van der Waals surface area contributed by atoms with Crippen LogP contribution in [-0.2, 0) is 4.57 Å². The second-order valence-corrected chi connectivity index (χ2v) is 5.70. The third-order valence-electron chi connectivity index (χ3n) is 2.41. The monoisotopic (exact) mass is 298 g/mol. The summed E-state index contributed by atoms with van der Waals surface area (Å²) in [5.41, 5.74) is 1.70. The molecule has 0 bridgehead atoms. The predicted molar refractivity (Wildman–Crippen MR) is 76.5 cm³/mol. The average molecular weight is 298 g/mol. The number of phosphoric acid groups is 1. The van der Waals surface area contributed by atoms with Crippen molar-refractivity contribution in [2.45, 2.75) is 26.7 Å². The molecule has 110 valence electrons. The SMILES string of the molecule is Cc1ccc(C(C)C)c(OP(=O)(O)O)c1.c1c[nH]cn1. The van der Waals surface area contributed by atoms with Gasteiger partial charge in [0.1, 0.15) is 5.75 Å². The van der Waals surface area contributed by atoms with Gasteiger partial charge in [-0.2, -0.15) is 0 Å². The molecular formula is C13H19N2O4P. The first-order valence-electron chi connectivity index (χ1n) is 6.08. The minimum absolute atomic E-state index is 0.159. The Labute approximate surface area is 118 Å². The van der Waals surface area contributed by atoms with Gasteiger partial charge in [-0.05, 0) is 30.0 Å². The van der Waals surface area contributed by atoms with E-state index >= 15 is 0 Å². The number of H-pyrrole nitrogens is 1. The normalized spacial score (nSPS) is 10.9. The van der Waals surface area contributed by atoms with Crippen molar-refractivity contribution in [3.05, 3.63) is 48.0 Å². The van der Waals surface area contributed by atoms with Gasteiger partial charge in [-0.3, -0.25) is 9.79 Å². The highest BCUT2D eigenvalue weighted by Crippen LogP contribution is 2.41. The molecule has 0 saturated heterocycles. The van der Waals surface area contributed by atoms with Gasteiger partial charge in [0, 0.05) is 12.4 Å². The summed E-state index contributed by atoms with van der Waals surface area (Å²) >= 11 is 0. The van der Waals surface area contributed by atoms with E-state index in [0.29, 0.717) is 0 Å². The molecule has 0 spiro atoms. The first kappa shape index (κ1) is 16.4. The molecule has 20 heavy (non-hydrogen) atoms. The zero-order valence-corrected chi connectivity index (χ0v) is 12.5. The number of imidazole rings is 1. The van der Waals surface area contributed by atoms with Crippen LogP contribution < -0.4 is 4.52 Å². The van der Waals surface area contributed by atoms with Gasteiger partial charge in [0.15, 0.2) is 0 Å². The maximum atomic E-state index is 10.8. The van der Waals surface area contributed by atoms with Crippen LogP contribution in [0.4, 0.5) is 0 Å². The van der Waals surface area contributed by atoms with Crippen molar-refractivity contribution < 1.29 is 18.9 Å². The second-order valence-electron chi connectivity index (χ2n) is 4.54. The Kier molecular flexibility index (Phi) is 5.95. The quantitative estimate of drug-likeness (QED) is 0.757. The zero-order valence-electron chi connectivity index (χ0n) is 11.6. The number of benzene rings is 1. The third-order valence-corrected chi connectivity index (χ3v) is 2.85. The Morgan fingerprint density at radius 1 is 1.35 bits per heavy atom. The molecule has 0 saturated carbocycles. The number of hydrogen-bond acceptors (Lipinski definition) is 3. The highest BCUT2D eigenvalue weighted by Gasteiger charge is 2.19. The lowest BCUT2D eigenvalue weighted by molar-refractivity contribution is 0.282. The van der Waals surface area contributed by atoms with Crippen LogP contribution in [0.2, 0.25) is 0 Å². The molecule has 0 aliphatic carbocycles. The summed E-state index contributed by atoms with van der Waals surface area (Å²) in [5, 5.41) is 0. The molecular weight excluding hydrogens is 279 g/mol. The number of rotatable bonds is 3. The van der Waals surface area contributed by atoms with E-state index in [1.165, 1.54) is 0 Å². The summed E-state index contributed by atoms with van der Waals surface area (Å²) in [6.07, 6.45) is 5.08. The standard InChI is InChI=1S/C10H15O4P.C3H4N2/c1-7(2)9-5-4-8(3)6-10(9)14-15(11,12)13;1-2-5-3-4-1/h4-7H,1-3H3,(H2,11,12,13);1-3H,(H,4,5). The van der Waals surface area contributed by atoms with Crippen LogP contribution in [0.3, 0.4) is 0 Å². The van der Waals surface area contributed by atoms with Crippen LogP contribution in [0.5, 0.6) is 5.75 Å². The van der Waals surface area contributed by atoms with E-state index in [9.17, 15) is 4.57 Å². The summed E-state index contributed by atoms with van der Waals surface area (Å²) in [6.45, 7) is 5.73. The van der Waals surface area contributed by atoms with Gasteiger partial charge < -0.3 is 9.51 Å². The van der Waals surface area contributed by atoms with Gasteiger partial charge in [-0.15, -0.1) is 0 Å². The average Bonchev–Trinajstić information content (AvgIpc) is 2.84. The second kappa shape index (κ2) is 7.24. The summed E-state index contributed by atoms with van der Waals surface area (Å²) in [5.74, 6) is 0.422. The molecule has 6 nitrogen and oxygen atoms in total. The fraction of sp³-hybridized carbons (Fsp3) is 0.308. The lowest BCUT2D eigenvalue weighted by Gasteiger charge is -2.14. The Morgan fingerprint density at radius 2 is 2.05 bits per heavy atom. The Hall–Kier alpha value is -1.62. The van der Waals surface area contributed by atoms with Gasteiger partial charge in [0.25, 0.3) is 0 Å². The Balaban J connectivity index is 0.000000333. The van der Waals surface area contributed by atoms with Gasteiger partial charge in [-0.1, -0.05) is 26.0 Å². The predicted octanol–water partition coefficient (Wildman–Crippen LogP) is 3.00.